The minimum absolute atomic E-state index is 0.0125. The molecule has 3 heterocycles. The molecule has 8 nitrogen and oxygen atoms in total. The molecule has 2 N–H and O–H groups in total. The number of unbranched alkanes of at least 4 members (excludes halogenated alkanes) is 1. The van der Waals surface area contributed by atoms with Crippen LogP contribution in [0.15, 0.2) is 24.4 Å². The lowest BCUT2D eigenvalue weighted by Gasteiger charge is -2.16. The number of aromatic nitrogens is 3. The van der Waals surface area contributed by atoms with Gasteiger partial charge in [0, 0.05) is 43.0 Å². The van der Waals surface area contributed by atoms with Gasteiger partial charge < -0.3 is 19.9 Å². The van der Waals surface area contributed by atoms with Gasteiger partial charge in [0.05, 0.1) is 13.0 Å². The fraction of sp³-hybridized carbons (Fsp3) is 0.455. The molecular formula is C22H27N5O3S. The van der Waals surface area contributed by atoms with Crippen LogP contribution in [-0.4, -0.2) is 52.1 Å². The van der Waals surface area contributed by atoms with Crippen LogP contribution in [0.25, 0.3) is 10.9 Å². The zero-order valence-electron chi connectivity index (χ0n) is 17.8. The number of likely N-dealkylation sites (tertiary alicyclic amines) is 1. The molecule has 0 spiro atoms. The Kier molecular flexibility index (Phi) is 6.50. The quantitative estimate of drug-likeness (QED) is 0.530. The molecule has 0 aliphatic carbocycles. The third kappa shape index (κ3) is 4.87. The molecule has 1 fully saturated rings. The minimum Gasteiger partial charge on any atom is -0.497 e. The van der Waals surface area contributed by atoms with Crippen molar-refractivity contribution in [2.75, 3.05) is 25.5 Å². The Morgan fingerprint density at radius 3 is 3.03 bits per heavy atom. The summed E-state index contributed by atoms with van der Waals surface area (Å²) in [7, 11) is 1.65. The Morgan fingerprint density at radius 1 is 1.35 bits per heavy atom. The first-order chi connectivity index (χ1) is 15.1. The van der Waals surface area contributed by atoms with Gasteiger partial charge in [0.2, 0.25) is 16.9 Å². The van der Waals surface area contributed by atoms with E-state index in [0.29, 0.717) is 24.6 Å². The lowest BCUT2D eigenvalue weighted by molar-refractivity contribution is -0.128. The second-order valence-electron chi connectivity index (χ2n) is 7.81. The zero-order valence-corrected chi connectivity index (χ0v) is 18.6. The number of aryl methyl sites for hydroxylation is 1. The van der Waals surface area contributed by atoms with Crippen molar-refractivity contribution in [2.24, 2.45) is 5.92 Å². The van der Waals surface area contributed by atoms with E-state index in [0.717, 1.165) is 46.5 Å². The number of methoxy groups -OCH3 is 1. The van der Waals surface area contributed by atoms with Gasteiger partial charge in [0.1, 0.15) is 10.8 Å². The summed E-state index contributed by atoms with van der Waals surface area (Å²) in [6, 6.07) is 5.90. The molecule has 2 aromatic heterocycles. The molecule has 0 unspecified atom stereocenters. The van der Waals surface area contributed by atoms with Gasteiger partial charge in [0.15, 0.2) is 0 Å². The molecule has 1 atom stereocenters. The lowest BCUT2D eigenvalue weighted by Crippen LogP contribution is -2.30. The van der Waals surface area contributed by atoms with Crippen LogP contribution in [0.2, 0.25) is 0 Å². The van der Waals surface area contributed by atoms with Crippen molar-refractivity contribution in [1.29, 1.82) is 0 Å². The first-order valence-corrected chi connectivity index (χ1v) is 11.4. The number of nitrogens with zero attached hydrogens (tertiary/aromatic N) is 3. The molecule has 1 saturated heterocycles. The summed E-state index contributed by atoms with van der Waals surface area (Å²) in [5.41, 5.74) is 2.17. The summed E-state index contributed by atoms with van der Waals surface area (Å²) in [6.07, 6.45) is 5.94. The number of nitrogens with one attached hydrogen (secondary N) is 2. The van der Waals surface area contributed by atoms with Crippen molar-refractivity contribution in [1.82, 2.24) is 20.1 Å². The third-order valence-corrected chi connectivity index (χ3v) is 6.55. The van der Waals surface area contributed by atoms with Crippen LogP contribution in [0.5, 0.6) is 5.75 Å². The van der Waals surface area contributed by atoms with E-state index in [1.54, 1.807) is 12.0 Å². The summed E-state index contributed by atoms with van der Waals surface area (Å²) < 4.78 is 5.32. The molecule has 31 heavy (non-hydrogen) atoms. The van der Waals surface area contributed by atoms with Crippen LogP contribution in [-0.2, 0) is 22.4 Å². The van der Waals surface area contributed by atoms with E-state index in [1.165, 1.54) is 11.3 Å². The fourth-order valence-corrected chi connectivity index (χ4v) is 4.64. The number of rotatable bonds is 9. The van der Waals surface area contributed by atoms with Crippen molar-refractivity contribution >= 4 is 39.2 Å². The van der Waals surface area contributed by atoms with E-state index in [-0.39, 0.29) is 24.2 Å². The van der Waals surface area contributed by atoms with E-state index in [1.807, 2.05) is 24.4 Å². The van der Waals surface area contributed by atoms with Crippen LogP contribution in [0.3, 0.4) is 0 Å². The largest absolute Gasteiger partial charge is 0.497 e. The van der Waals surface area contributed by atoms with E-state index in [9.17, 15) is 9.59 Å². The van der Waals surface area contributed by atoms with Crippen molar-refractivity contribution in [3.63, 3.8) is 0 Å². The molecule has 9 heteroatoms. The predicted molar refractivity (Wildman–Crippen MR) is 120 cm³/mol. The molecule has 1 aliphatic heterocycles. The van der Waals surface area contributed by atoms with Crippen LogP contribution < -0.4 is 10.1 Å². The Hall–Kier alpha value is -2.94. The number of carbonyl (C=O) groups excluding carboxylic acids is 2. The first kappa shape index (κ1) is 21.3. The maximum absolute atomic E-state index is 12.6. The first-order valence-electron chi connectivity index (χ1n) is 10.6. The Morgan fingerprint density at radius 2 is 2.23 bits per heavy atom. The number of H-pyrrole nitrogens is 1. The van der Waals surface area contributed by atoms with Crippen LogP contribution in [0, 0.1) is 5.92 Å². The number of hydrogen-bond acceptors (Lipinski definition) is 6. The number of fused-ring (bicyclic) bond motifs is 1. The summed E-state index contributed by atoms with van der Waals surface area (Å²) in [5.74, 6) is 0.291. The monoisotopic (exact) mass is 441 g/mol. The summed E-state index contributed by atoms with van der Waals surface area (Å²) >= 11 is 1.41. The molecule has 0 saturated carbocycles. The van der Waals surface area contributed by atoms with Crippen LogP contribution in [0.1, 0.15) is 36.8 Å². The second kappa shape index (κ2) is 9.47. The van der Waals surface area contributed by atoms with E-state index in [2.05, 4.69) is 27.4 Å². The van der Waals surface area contributed by atoms with Gasteiger partial charge >= 0.3 is 0 Å². The number of hydrogen-bond donors (Lipinski definition) is 2. The number of amides is 2. The highest BCUT2D eigenvalue weighted by atomic mass is 32.1. The van der Waals surface area contributed by atoms with Gasteiger partial charge in [-0.3, -0.25) is 9.59 Å². The number of anilines is 1. The minimum atomic E-state index is -0.362. The molecule has 1 aromatic carbocycles. The molecule has 0 radical (unpaired) electrons. The molecule has 3 aromatic rings. The smallest absolute Gasteiger partial charge is 0.231 e. The van der Waals surface area contributed by atoms with Crippen molar-refractivity contribution in [3.05, 3.63) is 35.0 Å². The molecular weight excluding hydrogens is 414 g/mol. The highest BCUT2D eigenvalue weighted by molar-refractivity contribution is 7.15. The normalized spacial score (nSPS) is 16.3. The molecule has 0 bridgehead atoms. The second-order valence-corrected chi connectivity index (χ2v) is 8.87. The Bertz CT molecular complexity index is 1080. The van der Waals surface area contributed by atoms with Gasteiger partial charge in [0.25, 0.3) is 0 Å². The summed E-state index contributed by atoms with van der Waals surface area (Å²) in [5, 5.41) is 13.5. The van der Waals surface area contributed by atoms with Gasteiger partial charge in [-0.15, -0.1) is 10.2 Å². The summed E-state index contributed by atoms with van der Waals surface area (Å²) in [4.78, 5) is 30.2. The Balaban J connectivity index is 1.33. The standard InChI is InChI=1S/C22H27N5O3S/c1-3-4-5-19-25-26-22(31-19)24-21(29)15-10-20(28)27(13-15)9-8-14-12-23-18-7-6-16(30-2)11-17(14)18/h6-7,11-12,15,23H,3-5,8-10,13H2,1-2H3,(H,24,26,29)/t15-/m1/s1. The average molecular weight is 442 g/mol. The molecule has 4 rings (SSSR count). The lowest BCUT2D eigenvalue weighted by atomic mass is 10.1. The van der Waals surface area contributed by atoms with E-state index < -0.39 is 0 Å². The molecule has 164 valence electrons. The van der Waals surface area contributed by atoms with Crippen molar-refractivity contribution < 1.29 is 14.3 Å². The number of aromatic amines is 1. The predicted octanol–water partition coefficient (Wildman–Crippen LogP) is 3.40. The van der Waals surface area contributed by atoms with Gasteiger partial charge in [-0.05, 0) is 36.6 Å². The van der Waals surface area contributed by atoms with Gasteiger partial charge in [-0.1, -0.05) is 24.7 Å². The van der Waals surface area contributed by atoms with Gasteiger partial charge in [-0.2, -0.15) is 0 Å². The van der Waals surface area contributed by atoms with Crippen LogP contribution >= 0.6 is 11.3 Å². The fourth-order valence-electron chi connectivity index (χ4n) is 3.85. The average Bonchev–Trinajstić information content (AvgIpc) is 3.49. The topological polar surface area (TPSA) is 100 Å². The zero-order chi connectivity index (χ0) is 21.8. The maximum atomic E-state index is 12.6. The van der Waals surface area contributed by atoms with Crippen molar-refractivity contribution in [3.8, 4) is 5.75 Å². The van der Waals surface area contributed by atoms with E-state index >= 15 is 0 Å². The summed E-state index contributed by atoms with van der Waals surface area (Å²) in [6.45, 7) is 3.13. The highest BCUT2D eigenvalue weighted by Crippen LogP contribution is 2.26. The van der Waals surface area contributed by atoms with Crippen molar-refractivity contribution in [2.45, 2.75) is 39.0 Å². The van der Waals surface area contributed by atoms with Crippen LogP contribution in [0.4, 0.5) is 5.13 Å². The number of ether oxygens (including phenoxy) is 1. The Labute approximate surface area is 185 Å². The number of carbonyl (C=O) groups is 2. The number of benzene rings is 1. The molecule has 1 aliphatic rings. The SMILES string of the molecule is CCCCc1nnc(NC(=O)[C@@H]2CC(=O)N(CCc3c[nH]c4ccc(OC)cc34)C2)s1. The third-order valence-electron chi connectivity index (χ3n) is 5.65. The highest BCUT2D eigenvalue weighted by Gasteiger charge is 2.34. The maximum Gasteiger partial charge on any atom is 0.231 e. The molecule has 2 amide bonds. The van der Waals surface area contributed by atoms with E-state index in [4.69, 9.17) is 4.74 Å². The van der Waals surface area contributed by atoms with Gasteiger partial charge in [-0.25, -0.2) is 0 Å².